The van der Waals surface area contributed by atoms with E-state index in [-0.39, 0.29) is 0 Å². The molecule has 2 aromatic heterocycles. The van der Waals surface area contributed by atoms with Gasteiger partial charge in [-0.2, -0.15) is 10.2 Å². The van der Waals surface area contributed by atoms with Crippen molar-refractivity contribution in [2.24, 2.45) is 0 Å². The van der Waals surface area contributed by atoms with Crippen molar-refractivity contribution in [2.75, 3.05) is 18.5 Å². The van der Waals surface area contributed by atoms with Crippen LogP contribution in [-0.2, 0) is 11.3 Å². The van der Waals surface area contributed by atoms with E-state index < -0.39 is 0 Å². The molecule has 1 aromatic carbocycles. The van der Waals surface area contributed by atoms with Crippen molar-refractivity contribution in [3.05, 3.63) is 60.6 Å². The lowest BCUT2D eigenvalue weighted by atomic mass is 10.1. The Morgan fingerprint density at radius 1 is 1.17 bits per heavy atom. The minimum Gasteiger partial charge on any atom is -0.379 e. The largest absolute Gasteiger partial charge is 0.379 e. The van der Waals surface area contributed by atoms with Gasteiger partial charge in [0.2, 0.25) is 0 Å². The lowest BCUT2D eigenvalue weighted by molar-refractivity contribution is 0.0874. The summed E-state index contributed by atoms with van der Waals surface area (Å²) in [7, 11) is 0. The zero-order valence-electron chi connectivity index (χ0n) is 13.5. The van der Waals surface area contributed by atoms with Crippen LogP contribution in [0.3, 0.4) is 0 Å². The second-order valence-corrected chi connectivity index (χ2v) is 6.06. The van der Waals surface area contributed by atoms with Gasteiger partial charge in [0.25, 0.3) is 0 Å². The molecule has 6 heteroatoms. The molecule has 1 atom stereocenters. The normalized spacial score (nSPS) is 17.8. The molecule has 0 aliphatic carbocycles. The number of ether oxygens (including phenoxy) is 1. The second kappa shape index (κ2) is 6.88. The Balaban J connectivity index is 1.46. The van der Waals surface area contributed by atoms with Crippen LogP contribution in [0.2, 0.25) is 0 Å². The second-order valence-electron chi connectivity index (χ2n) is 6.06. The smallest absolute Gasteiger partial charge is 0.124 e. The van der Waals surface area contributed by atoms with Crippen molar-refractivity contribution in [3.63, 3.8) is 0 Å². The summed E-state index contributed by atoms with van der Waals surface area (Å²) in [6.45, 7) is 2.32. The summed E-state index contributed by atoms with van der Waals surface area (Å²) in [5, 5.41) is 12.4. The monoisotopic (exact) mass is 323 g/mol. The van der Waals surface area contributed by atoms with Crippen LogP contribution in [0.5, 0.6) is 0 Å². The minimum atomic E-state index is 0.362. The van der Waals surface area contributed by atoms with Gasteiger partial charge in [0, 0.05) is 24.4 Å². The molecule has 1 unspecified atom stereocenters. The van der Waals surface area contributed by atoms with E-state index in [0.29, 0.717) is 12.6 Å². The van der Waals surface area contributed by atoms with E-state index >= 15 is 0 Å². The fraction of sp³-hybridized carbons (Fsp3) is 0.333. The van der Waals surface area contributed by atoms with Gasteiger partial charge in [-0.25, -0.2) is 9.36 Å². The van der Waals surface area contributed by atoms with Crippen molar-refractivity contribution in [1.82, 2.24) is 19.6 Å². The first-order valence-corrected chi connectivity index (χ1v) is 8.33. The van der Waals surface area contributed by atoms with E-state index in [2.05, 4.69) is 15.5 Å². The molecule has 1 aliphatic heterocycles. The highest BCUT2D eigenvalue weighted by Crippen LogP contribution is 2.16. The van der Waals surface area contributed by atoms with E-state index in [1.54, 1.807) is 0 Å². The Bertz CT molecular complexity index is 774. The maximum Gasteiger partial charge on any atom is 0.124 e. The Morgan fingerprint density at radius 3 is 2.92 bits per heavy atom. The van der Waals surface area contributed by atoms with Gasteiger partial charge in [-0.3, -0.25) is 0 Å². The molecule has 1 aliphatic rings. The average Bonchev–Trinajstić information content (AvgIpc) is 3.27. The Labute approximate surface area is 141 Å². The third-order valence-corrected chi connectivity index (χ3v) is 4.22. The molecule has 3 aromatic rings. The summed E-state index contributed by atoms with van der Waals surface area (Å²) in [5.41, 5.74) is 2.17. The zero-order chi connectivity index (χ0) is 16.2. The molecule has 1 saturated heterocycles. The van der Waals surface area contributed by atoms with Crippen LogP contribution >= 0.6 is 0 Å². The first-order valence-electron chi connectivity index (χ1n) is 8.33. The van der Waals surface area contributed by atoms with E-state index in [1.807, 2.05) is 64.4 Å². The number of benzene rings is 1. The van der Waals surface area contributed by atoms with Gasteiger partial charge in [-0.05, 0) is 25.0 Å². The molecule has 1 fully saturated rings. The highest BCUT2D eigenvalue weighted by Gasteiger charge is 2.15. The summed E-state index contributed by atoms with van der Waals surface area (Å²) < 4.78 is 9.40. The molecular weight excluding hydrogens is 302 g/mol. The zero-order valence-corrected chi connectivity index (χ0v) is 13.5. The Kier molecular flexibility index (Phi) is 4.29. The van der Waals surface area contributed by atoms with Crippen molar-refractivity contribution in [3.8, 4) is 5.69 Å². The number of anilines is 1. The standard InChI is InChI=1S/C18H21N5O/c1-2-6-17(7-3-1)22-12-15(11-20-22)13-23-18(8-9-19-23)21-16-5-4-10-24-14-16/h1-3,6-9,11-12,16,21H,4-5,10,13-14H2. The number of para-hydroxylation sites is 1. The lowest BCUT2D eigenvalue weighted by Crippen LogP contribution is -2.31. The van der Waals surface area contributed by atoms with E-state index in [0.717, 1.165) is 43.1 Å². The predicted octanol–water partition coefficient (Wildman–Crippen LogP) is 2.71. The summed E-state index contributed by atoms with van der Waals surface area (Å²) in [5.74, 6) is 1.03. The van der Waals surface area contributed by atoms with Gasteiger partial charge < -0.3 is 10.1 Å². The molecule has 1 N–H and O–H groups in total. The number of hydrogen-bond acceptors (Lipinski definition) is 4. The molecule has 0 radical (unpaired) electrons. The van der Waals surface area contributed by atoms with Crippen LogP contribution in [0, 0.1) is 0 Å². The van der Waals surface area contributed by atoms with E-state index in [4.69, 9.17) is 4.74 Å². The minimum absolute atomic E-state index is 0.362. The summed E-state index contributed by atoms with van der Waals surface area (Å²) in [6, 6.07) is 12.5. The molecule has 0 saturated carbocycles. The predicted molar refractivity (Wildman–Crippen MR) is 92.4 cm³/mol. The molecule has 24 heavy (non-hydrogen) atoms. The van der Waals surface area contributed by atoms with Gasteiger partial charge in [-0.15, -0.1) is 0 Å². The topological polar surface area (TPSA) is 56.9 Å². The molecule has 4 rings (SSSR count). The first kappa shape index (κ1) is 15.0. The van der Waals surface area contributed by atoms with Gasteiger partial charge >= 0.3 is 0 Å². The van der Waals surface area contributed by atoms with Crippen LogP contribution in [0.1, 0.15) is 18.4 Å². The van der Waals surface area contributed by atoms with Crippen LogP contribution < -0.4 is 5.32 Å². The van der Waals surface area contributed by atoms with Crippen molar-refractivity contribution < 1.29 is 4.74 Å². The number of nitrogens with one attached hydrogen (secondary N) is 1. The maximum atomic E-state index is 5.54. The summed E-state index contributed by atoms with van der Waals surface area (Å²) in [4.78, 5) is 0. The highest BCUT2D eigenvalue weighted by molar-refractivity contribution is 5.36. The Hall–Kier alpha value is -2.60. The van der Waals surface area contributed by atoms with Crippen LogP contribution in [0.15, 0.2) is 55.0 Å². The van der Waals surface area contributed by atoms with Crippen LogP contribution in [0.4, 0.5) is 5.82 Å². The maximum absolute atomic E-state index is 5.54. The van der Waals surface area contributed by atoms with E-state index in [1.165, 1.54) is 0 Å². The molecular formula is C18H21N5O. The number of rotatable bonds is 5. The number of hydrogen-bond donors (Lipinski definition) is 1. The molecule has 0 bridgehead atoms. The highest BCUT2D eigenvalue weighted by atomic mass is 16.5. The summed E-state index contributed by atoms with van der Waals surface area (Å²) >= 11 is 0. The van der Waals surface area contributed by atoms with Gasteiger partial charge in [0.05, 0.1) is 37.3 Å². The molecule has 0 amide bonds. The number of nitrogens with zero attached hydrogens (tertiary/aromatic N) is 4. The van der Waals surface area contributed by atoms with Crippen LogP contribution in [0.25, 0.3) is 5.69 Å². The molecule has 0 spiro atoms. The van der Waals surface area contributed by atoms with Gasteiger partial charge in [0.15, 0.2) is 0 Å². The SMILES string of the molecule is c1ccc(-n2cc(Cn3nccc3NC3CCCOC3)cn2)cc1. The summed E-state index contributed by atoms with van der Waals surface area (Å²) in [6.07, 6.45) is 8.01. The number of aromatic nitrogens is 4. The van der Waals surface area contributed by atoms with Crippen molar-refractivity contribution in [1.29, 1.82) is 0 Å². The van der Waals surface area contributed by atoms with E-state index in [9.17, 15) is 0 Å². The van der Waals surface area contributed by atoms with Gasteiger partial charge in [0.1, 0.15) is 5.82 Å². The quantitative estimate of drug-likeness (QED) is 0.784. The third kappa shape index (κ3) is 3.33. The van der Waals surface area contributed by atoms with Crippen LogP contribution in [-0.4, -0.2) is 38.8 Å². The molecule has 124 valence electrons. The van der Waals surface area contributed by atoms with Crippen molar-refractivity contribution in [2.45, 2.75) is 25.4 Å². The first-order chi connectivity index (χ1) is 11.9. The Morgan fingerprint density at radius 2 is 2.08 bits per heavy atom. The fourth-order valence-electron chi connectivity index (χ4n) is 2.98. The van der Waals surface area contributed by atoms with Gasteiger partial charge in [-0.1, -0.05) is 18.2 Å². The molecule has 6 nitrogen and oxygen atoms in total. The third-order valence-electron chi connectivity index (χ3n) is 4.22. The van der Waals surface area contributed by atoms with Crippen molar-refractivity contribution >= 4 is 5.82 Å². The fourth-order valence-corrected chi connectivity index (χ4v) is 2.98. The molecule has 3 heterocycles. The lowest BCUT2D eigenvalue weighted by Gasteiger charge is -2.24. The average molecular weight is 323 g/mol.